The first-order valence-electron chi connectivity index (χ1n) is 7.74. The molecule has 3 heterocycles. The maximum absolute atomic E-state index is 6.11. The van der Waals surface area contributed by atoms with Crippen LogP contribution >= 0.6 is 11.6 Å². The number of fused-ring (bicyclic) bond motifs is 5. The Balaban J connectivity index is 1.98. The van der Waals surface area contributed by atoms with Crippen molar-refractivity contribution >= 4 is 45.3 Å². The van der Waals surface area contributed by atoms with E-state index < -0.39 is 0 Å². The van der Waals surface area contributed by atoms with Crippen molar-refractivity contribution in [1.29, 1.82) is 0 Å². The van der Waals surface area contributed by atoms with Crippen molar-refractivity contribution in [2.24, 2.45) is 0 Å². The van der Waals surface area contributed by atoms with Gasteiger partial charge in [0.05, 0.1) is 16.1 Å². The second-order valence-electron chi connectivity index (χ2n) is 5.95. The van der Waals surface area contributed by atoms with Crippen molar-refractivity contribution in [3.8, 4) is 0 Å². The van der Waals surface area contributed by atoms with Crippen LogP contribution in [0.15, 0.2) is 36.5 Å². The summed E-state index contributed by atoms with van der Waals surface area (Å²) in [6.07, 6.45) is 1.64. The zero-order chi connectivity index (χ0) is 16.7. The van der Waals surface area contributed by atoms with Crippen LogP contribution in [0.3, 0.4) is 0 Å². The third-order valence-corrected chi connectivity index (χ3v) is 4.09. The van der Waals surface area contributed by atoms with E-state index in [4.69, 9.17) is 21.6 Å². The molecule has 0 fully saturated rings. The van der Waals surface area contributed by atoms with Crippen molar-refractivity contribution in [3.05, 3.63) is 41.6 Å². The van der Waals surface area contributed by atoms with Crippen molar-refractivity contribution in [1.82, 2.24) is 24.3 Å². The van der Waals surface area contributed by atoms with Crippen LogP contribution in [-0.2, 0) is 0 Å². The summed E-state index contributed by atoms with van der Waals surface area (Å²) in [6, 6.07) is 9.84. The average molecular weight is 341 g/mol. The summed E-state index contributed by atoms with van der Waals surface area (Å²) in [7, 11) is 4.08. The summed E-state index contributed by atoms with van der Waals surface area (Å²) in [5.74, 6) is 0.740. The van der Waals surface area contributed by atoms with E-state index in [2.05, 4.69) is 15.2 Å². The lowest BCUT2D eigenvalue weighted by Gasteiger charge is -2.12. The summed E-state index contributed by atoms with van der Waals surface area (Å²) >= 11 is 6.11. The molecular formula is C17H17ClN6. The van der Waals surface area contributed by atoms with Crippen LogP contribution in [0.25, 0.3) is 27.8 Å². The smallest absolute Gasteiger partial charge is 0.182 e. The second-order valence-corrected chi connectivity index (χ2v) is 6.38. The molecule has 7 heteroatoms. The molecule has 0 saturated heterocycles. The average Bonchev–Trinajstić information content (AvgIpc) is 2.94. The minimum absolute atomic E-state index is 0.568. The van der Waals surface area contributed by atoms with Crippen LogP contribution in [0.5, 0.6) is 0 Å². The molecule has 0 aliphatic carbocycles. The fraction of sp³-hybridized carbons (Fsp3) is 0.235. The normalized spacial score (nSPS) is 11.8. The summed E-state index contributed by atoms with van der Waals surface area (Å²) in [6.45, 7) is 1.68. The summed E-state index contributed by atoms with van der Waals surface area (Å²) in [4.78, 5) is 16.0. The molecule has 1 N–H and O–H groups in total. The predicted octanol–water partition coefficient (Wildman–Crippen LogP) is 3.06. The summed E-state index contributed by atoms with van der Waals surface area (Å²) < 4.78 is 2.03. The number of anilines is 1. The van der Waals surface area contributed by atoms with Gasteiger partial charge >= 0.3 is 0 Å². The SMILES string of the molecule is CN(C)CCNc1nc2cc(Cl)cnc2n2c1nc1ccccc12. The monoisotopic (exact) mass is 340 g/mol. The number of hydrogen-bond donors (Lipinski definition) is 1. The van der Waals surface area contributed by atoms with Gasteiger partial charge in [-0.1, -0.05) is 23.7 Å². The standard InChI is InChI=1S/C17H17ClN6/c1-23(2)8-7-19-15-17-22-12-5-3-4-6-14(12)24(17)16-13(21-15)9-11(18)10-20-16/h3-6,9-10H,7-8H2,1-2H3,(H,19,21). The van der Waals surface area contributed by atoms with Crippen molar-refractivity contribution < 1.29 is 0 Å². The lowest BCUT2D eigenvalue weighted by molar-refractivity contribution is 0.425. The van der Waals surface area contributed by atoms with Crippen molar-refractivity contribution in [2.45, 2.75) is 0 Å². The van der Waals surface area contributed by atoms with Gasteiger partial charge in [0.1, 0.15) is 5.52 Å². The number of halogens is 1. The molecule has 1 aromatic carbocycles. The number of aromatic nitrogens is 4. The fourth-order valence-corrected chi connectivity index (χ4v) is 2.91. The Kier molecular flexibility index (Phi) is 3.70. The molecule has 0 unspecified atom stereocenters. The lowest BCUT2D eigenvalue weighted by Crippen LogP contribution is -2.21. The molecule has 0 amide bonds. The summed E-state index contributed by atoms with van der Waals surface area (Å²) in [5, 5.41) is 3.95. The largest absolute Gasteiger partial charge is 0.366 e. The van der Waals surface area contributed by atoms with Crippen LogP contribution in [0.4, 0.5) is 5.82 Å². The van der Waals surface area contributed by atoms with E-state index in [0.29, 0.717) is 5.02 Å². The van der Waals surface area contributed by atoms with Gasteiger partial charge in [-0.25, -0.2) is 15.0 Å². The highest BCUT2D eigenvalue weighted by Gasteiger charge is 2.14. The van der Waals surface area contributed by atoms with E-state index in [9.17, 15) is 0 Å². The van der Waals surface area contributed by atoms with Gasteiger partial charge in [0.2, 0.25) is 0 Å². The summed E-state index contributed by atoms with van der Waals surface area (Å²) in [5.41, 5.74) is 4.19. The van der Waals surface area contributed by atoms with Gasteiger partial charge in [-0.15, -0.1) is 0 Å². The molecular weight excluding hydrogens is 324 g/mol. The molecule has 0 saturated carbocycles. The van der Waals surface area contributed by atoms with Crippen molar-refractivity contribution in [3.63, 3.8) is 0 Å². The van der Waals surface area contributed by atoms with E-state index in [1.165, 1.54) is 0 Å². The quantitative estimate of drug-likeness (QED) is 0.618. The molecule has 0 radical (unpaired) electrons. The lowest BCUT2D eigenvalue weighted by atomic mass is 10.3. The molecule has 0 aliphatic rings. The fourth-order valence-electron chi connectivity index (χ4n) is 2.76. The number of hydrogen-bond acceptors (Lipinski definition) is 5. The van der Waals surface area contributed by atoms with E-state index >= 15 is 0 Å². The highest BCUT2D eigenvalue weighted by Crippen LogP contribution is 2.26. The Morgan fingerprint density at radius 1 is 1.12 bits per heavy atom. The molecule has 4 rings (SSSR count). The molecule has 3 aromatic heterocycles. The number of nitrogens with one attached hydrogen (secondary N) is 1. The van der Waals surface area contributed by atoms with Crippen molar-refractivity contribution in [2.75, 3.05) is 32.5 Å². The van der Waals surface area contributed by atoms with Gasteiger partial charge < -0.3 is 10.2 Å². The zero-order valence-electron chi connectivity index (χ0n) is 13.5. The third kappa shape index (κ3) is 2.53. The minimum Gasteiger partial charge on any atom is -0.366 e. The molecule has 24 heavy (non-hydrogen) atoms. The van der Waals surface area contributed by atoms with Gasteiger partial charge in [-0.05, 0) is 32.3 Å². The molecule has 0 spiro atoms. The highest BCUT2D eigenvalue weighted by molar-refractivity contribution is 6.31. The van der Waals surface area contributed by atoms with E-state index in [1.807, 2.05) is 48.8 Å². The van der Waals surface area contributed by atoms with Gasteiger partial charge in [0.25, 0.3) is 0 Å². The van der Waals surface area contributed by atoms with Crippen LogP contribution < -0.4 is 5.32 Å². The van der Waals surface area contributed by atoms with E-state index in [-0.39, 0.29) is 0 Å². The molecule has 6 nitrogen and oxygen atoms in total. The third-order valence-electron chi connectivity index (χ3n) is 3.88. The Morgan fingerprint density at radius 3 is 2.79 bits per heavy atom. The van der Waals surface area contributed by atoms with Gasteiger partial charge in [-0.3, -0.25) is 4.40 Å². The van der Waals surface area contributed by atoms with Gasteiger partial charge in [-0.2, -0.15) is 0 Å². The first kappa shape index (κ1) is 15.1. The predicted molar refractivity (Wildman–Crippen MR) is 97.8 cm³/mol. The first-order valence-corrected chi connectivity index (χ1v) is 8.12. The molecule has 4 aromatic rings. The maximum Gasteiger partial charge on any atom is 0.182 e. The Labute approximate surface area is 144 Å². The number of rotatable bonds is 4. The van der Waals surface area contributed by atoms with Gasteiger partial charge in [0, 0.05) is 19.3 Å². The Morgan fingerprint density at radius 2 is 1.96 bits per heavy atom. The van der Waals surface area contributed by atoms with Crippen LogP contribution in [0.1, 0.15) is 0 Å². The molecule has 122 valence electrons. The molecule has 0 bridgehead atoms. The number of imidazole rings is 1. The Hall–Kier alpha value is -2.44. The number of nitrogens with zero attached hydrogens (tertiary/aromatic N) is 5. The van der Waals surface area contributed by atoms with Crippen LogP contribution in [0, 0.1) is 0 Å². The van der Waals surface area contributed by atoms with Crippen LogP contribution in [-0.4, -0.2) is 51.4 Å². The number of likely N-dealkylation sites (N-methyl/N-ethyl adjacent to an activating group) is 1. The maximum atomic E-state index is 6.11. The molecule has 0 atom stereocenters. The minimum atomic E-state index is 0.568. The second kappa shape index (κ2) is 5.89. The van der Waals surface area contributed by atoms with E-state index in [1.54, 1.807) is 6.20 Å². The number of pyridine rings is 1. The van der Waals surface area contributed by atoms with E-state index in [0.717, 1.165) is 46.8 Å². The topological polar surface area (TPSA) is 58.3 Å². The number of para-hydroxylation sites is 2. The zero-order valence-corrected chi connectivity index (χ0v) is 14.2. The number of benzene rings is 1. The van der Waals surface area contributed by atoms with Gasteiger partial charge in [0.15, 0.2) is 17.1 Å². The molecule has 0 aliphatic heterocycles. The first-order chi connectivity index (χ1) is 11.6. The Bertz CT molecular complexity index is 1040. The highest BCUT2D eigenvalue weighted by atomic mass is 35.5. The van der Waals surface area contributed by atoms with Crippen LogP contribution in [0.2, 0.25) is 5.02 Å².